The summed E-state index contributed by atoms with van der Waals surface area (Å²) in [7, 11) is 1.56. The summed E-state index contributed by atoms with van der Waals surface area (Å²) in [6, 6.07) is 0. The Kier molecular flexibility index (Phi) is 4.31. The summed E-state index contributed by atoms with van der Waals surface area (Å²) in [5, 5.41) is 9.48. The summed E-state index contributed by atoms with van der Waals surface area (Å²) >= 11 is 0. The molecule has 0 bridgehead atoms. The third kappa shape index (κ3) is 2.55. The van der Waals surface area contributed by atoms with Gasteiger partial charge in [-0.15, -0.1) is 0 Å². The third-order valence-corrected chi connectivity index (χ3v) is 5.53. The fourth-order valence-corrected chi connectivity index (χ4v) is 3.37. The van der Waals surface area contributed by atoms with E-state index in [4.69, 9.17) is 14.2 Å². The van der Waals surface area contributed by atoms with E-state index in [-0.39, 0.29) is 12.1 Å². The van der Waals surface area contributed by atoms with Crippen LogP contribution in [0, 0.1) is 16.7 Å². The Morgan fingerprint density at radius 2 is 1.81 bits per heavy atom. The maximum absolute atomic E-state index is 12.5. The number of carboxylic acids is 1. The summed E-state index contributed by atoms with van der Waals surface area (Å²) in [4.78, 5) is 24.0. The van der Waals surface area contributed by atoms with Crippen LogP contribution in [0.5, 0.6) is 0 Å². The Balaban J connectivity index is 2.09. The molecular formula is C15H24O6. The van der Waals surface area contributed by atoms with Crippen LogP contribution in [0.1, 0.15) is 33.6 Å². The van der Waals surface area contributed by atoms with E-state index in [0.29, 0.717) is 26.1 Å². The highest BCUT2D eigenvalue weighted by Crippen LogP contribution is 2.56. The van der Waals surface area contributed by atoms with Gasteiger partial charge in [-0.1, -0.05) is 13.8 Å². The Bertz CT molecular complexity index is 432. The van der Waals surface area contributed by atoms with E-state index >= 15 is 0 Å². The number of ether oxygens (including phenoxy) is 3. The summed E-state index contributed by atoms with van der Waals surface area (Å²) in [5.41, 5.74) is -1.57. The SMILES string of the molecule is CO[C@@H]1COC[C@@H]1OC(=O)[C@H]1CC[C@@](C)(C(=O)O)C1(C)C. The van der Waals surface area contributed by atoms with Crippen LogP contribution in [0.2, 0.25) is 0 Å². The lowest BCUT2D eigenvalue weighted by atomic mass is 9.66. The maximum atomic E-state index is 12.5. The molecule has 0 unspecified atom stereocenters. The van der Waals surface area contributed by atoms with Crippen molar-refractivity contribution in [2.75, 3.05) is 20.3 Å². The molecule has 2 aliphatic rings. The zero-order chi connectivity index (χ0) is 15.8. The van der Waals surface area contributed by atoms with Crippen molar-refractivity contribution < 1.29 is 28.9 Å². The van der Waals surface area contributed by atoms with Crippen LogP contribution in [0.4, 0.5) is 0 Å². The first-order valence-corrected chi connectivity index (χ1v) is 7.28. The molecular weight excluding hydrogens is 276 g/mol. The van der Waals surface area contributed by atoms with Crippen molar-refractivity contribution in [1.29, 1.82) is 0 Å². The van der Waals surface area contributed by atoms with Crippen molar-refractivity contribution >= 4 is 11.9 Å². The molecule has 2 fully saturated rings. The summed E-state index contributed by atoms with van der Waals surface area (Å²) < 4.78 is 16.0. The van der Waals surface area contributed by atoms with Crippen molar-refractivity contribution in [1.82, 2.24) is 0 Å². The lowest BCUT2D eigenvalue weighted by Gasteiger charge is -2.37. The number of hydrogen-bond donors (Lipinski definition) is 1. The van der Waals surface area contributed by atoms with Crippen LogP contribution in [-0.4, -0.2) is 49.6 Å². The summed E-state index contributed by atoms with van der Waals surface area (Å²) in [6.45, 7) is 6.11. The average Bonchev–Trinajstić information content (AvgIpc) is 2.93. The predicted molar refractivity (Wildman–Crippen MR) is 73.7 cm³/mol. The molecule has 0 aromatic heterocycles. The summed E-state index contributed by atoms with van der Waals surface area (Å²) in [5.74, 6) is -1.62. The molecule has 1 aliphatic carbocycles. The Morgan fingerprint density at radius 1 is 1.19 bits per heavy atom. The van der Waals surface area contributed by atoms with Gasteiger partial charge < -0.3 is 19.3 Å². The molecule has 0 spiro atoms. The standard InChI is InChI=1S/C15H24O6/c1-14(2)9(5-6-15(14,3)13(17)18)12(16)21-11-8-20-7-10(11)19-4/h9-11H,5-8H2,1-4H3,(H,17,18)/t9-,10-,11+,15+/m1/s1. The van der Waals surface area contributed by atoms with Crippen LogP contribution in [0.25, 0.3) is 0 Å². The van der Waals surface area contributed by atoms with Gasteiger partial charge in [0.25, 0.3) is 0 Å². The van der Waals surface area contributed by atoms with Crippen molar-refractivity contribution in [3.63, 3.8) is 0 Å². The van der Waals surface area contributed by atoms with Gasteiger partial charge in [-0.05, 0) is 25.2 Å². The van der Waals surface area contributed by atoms with Crippen LogP contribution in [-0.2, 0) is 23.8 Å². The van der Waals surface area contributed by atoms with Gasteiger partial charge in [0.15, 0.2) is 6.10 Å². The molecule has 1 saturated carbocycles. The fraction of sp³-hybridized carbons (Fsp3) is 0.867. The second-order valence-corrected chi connectivity index (χ2v) is 6.74. The lowest BCUT2D eigenvalue weighted by molar-refractivity contribution is -0.166. The molecule has 4 atom stereocenters. The highest BCUT2D eigenvalue weighted by Gasteiger charge is 2.59. The molecule has 2 rings (SSSR count). The smallest absolute Gasteiger partial charge is 0.309 e. The first kappa shape index (κ1) is 16.2. The van der Waals surface area contributed by atoms with Crippen molar-refractivity contribution in [3.8, 4) is 0 Å². The minimum Gasteiger partial charge on any atom is -0.481 e. The number of hydrogen-bond acceptors (Lipinski definition) is 5. The fourth-order valence-electron chi connectivity index (χ4n) is 3.37. The van der Waals surface area contributed by atoms with Gasteiger partial charge in [-0.2, -0.15) is 0 Å². The summed E-state index contributed by atoms with van der Waals surface area (Å²) in [6.07, 6.45) is 0.350. The first-order chi connectivity index (χ1) is 9.74. The number of aliphatic carboxylic acids is 1. The quantitative estimate of drug-likeness (QED) is 0.792. The van der Waals surface area contributed by atoms with Crippen molar-refractivity contribution in [2.24, 2.45) is 16.7 Å². The topological polar surface area (TPSA) is 82.1 Å². The molecule has 1 N–H and O–H groups in total. The molecule has 6 nitrogen and oxygen atoms in total. The second kappa shape index (κ2) is 5.57. The lowest BCUT2D eigenvalue weighted by Crippen LogP contribution is -2.44. The van der Waals surface area contributed by atoms with Gasteiger partial charge in [-0.25, -0.2) is 0 Å². The number of methoxy groups -OCH3 is 1. The van der Waals surface area contributed by atoms with E-state index in [2.05, 4.69) is 0 Å². The van der Waals surface area contributed by atoms with Crippen LogP contribution >= 0.6 is 0 Å². The molecule has 6 heteroatoms. The van der Waals surface area contributed by atoms with Gasteiger partial charge >= 0.3 is 11.9 Å². The van der Waals surface area contributed by atoms with Crippen LogP contribution in [0.3, 0.4) is 0 Å². The molecule has 1 aliphatic heterocycles. The molecule has 1 saturated heterocycles. The molecule has 1 heterocycles. The van der Waals surface area contributed by atoms with E-state index in [0.717, 1.165) is 0 Å². The Labute approximate surface area is 124 Å². The van der Waals surface area contributed by atoms with Crippen molar-refractivity contribution in [3.05, 3.63) is 0 Å². The average molecular weight is 300 g/mol. The van der Waals surface area contributed by atoms with Crippen LogP contribution in [0.15, 0.2) is 0 Å². The molecule has 0 aromatic carbocycles. The molecule has 0 radical (unpaired) electrons. The Hall–Kier alpha value is -1.14. The molecule has 120 valence electrons. The monoisotopic (exact) mass is 300 g/mol. The molecule has 0 aromatic rings. The largest absolute Gasteiger partial charge is 0.481 e. The van der Waals surface area contributed by atoms with Gasteiger partial charge in [0, 0.05) is 7.11 Å². The first-order valence-electron chi connectivity index (χ1n) is 7.28. The van der Waals surface area contributed by atoms with Gasteiger partial charge in [0.05, 0.1) is 24.5 Å². The number of carboxylic acid groups (broad SMARTS) is 1. The normalized spacial score (nSPS) is 38.4. The highest BCUT2D eigenvalue weighted by atomic mass is 16.6. The van der Waals surface area contributed by atoms with Crippen LogP contribution < -0.4 is 0 Å². The number of rotatable bonds is 4. The van der Waals surface area contributed by atoms with E-state index in [1.165, 1.54) is 0 Å². The zero-order valence-corrected chi connectivity index (χ0v) is 13.0. The Morgan fingerprint density at radius 3 is 2.33 bits per heavy atom. The van der Waals surface area contributed by atoms with E-state index in [9.17, 15) is 14.7 Å². The third-order valence-electron chi connectivity index (χ3n) is 5.53. The van der Waals surface area contributed by atoms with E-state index < -0.39 is 28.8 Å². The predicted octanol–water partition coefficient (Wildman–Crippen LogP) is 1.47. The molecule has 0 amide bonds. The molecule has 21 heavy (non-hydrogen) atoms. The maximum Gasteiger partial charge on any atom is 0.309 e. The van der Waals surface area contributed by atoms with Gasteiger partial charge in [-0.3, -0.25) is 9.59 Å². The van der Waals surface area contributed by atoms with Gasteiger partial charge in [0.2, 0.25) is 0 Å². The number of carbonyl (C=O) groups is 2. The van der Waals surface area contributed by atoms with E-state index in [1.807, 2.05) is 13.8 Å². The minimum absolute atomic E-state index is 0.246. The minimum atomic E-state index is -0.913. The number of esters is 1. The van der Waals surface area contributed by atoms with E-state index in [1.54, 1.807) is 14.0 Å². The highest BCUT2D eigenvalue weighted by molar-refractivity contribution is 5.81. The second-order valence-electron chi connectivity index (χ2n) is 6.74. The number of carbonyl (C=O) groups excluding carboxylic acids is 1. The van der Waals surface area contributed by atoms with Gasteiger partial charge in [0.1, 0.15) is 6.10 Å². The zero-order valence-electron chi connectivity index (χ0n) is 13.0. The van der Waals surface area contributed by atoms with Crippen molar-refractivity contribution in [2.45, 2.75) is 45.8 Å².